The number of nitrogens with two attached hydrogens (primary N) is 2. The van der Waals surface area contributed by atoms with Gasteiger partial charge in [0.05, 0.1) is 0 Å². The van der Waals surface area contributed by atoms with Crippen LogP contribution in [0.25, 0.3) is 0 Å². The lowest BCUT2D eigenvalue weighted by Gasteiger charge is -2.05. The van der Waals surface area contributed by atoms with Gasteiger partial charge < -0.3 is 11.5 Å². The first kappa shape index (κ1) is 62.9. The fraction of sp³-hybridized carbons (Fsp3) is 0.967. The van der Waals surface area contributed by atoms with Crippen LogP contribution in [0.1, 0.15) is 372 Å². The van der Waals surface area contributed by atoms with Gasteiger partial charge in [-0.1, -0.05) is 347 Å². The third kappa shape index (κ3) is 60.9. The summed E-state index contributed by atoms with van der Waals surface area (Å²) in [5.41, 5.74) is 10.4. The van der Waals surface area contributed by atoms with E-state index in [1.807, 2.05) is 0 Å². The predicted molar refractivity (Wildman–Crippen MR) is 286 cm³/mol. The summed E-state index contributed by atoms with van der Waals surface area (Å²) in [5.74, 6) is -0.295. The third-order valence-electron chi connectivity index (χ3n) is 14.6. The van der Waals surface area contributed by atoms with Crippen molar-refractivity contribution in [2.75, 3.05) is 0 Å². The van der Waals surface area contributed by atoms with E-state index in [-0.39, 0.29) is 11.8 Å². The Morgan fingerprint density at radius 3 is 0.266 bits per heavy atom. The van der Waals surface area contributed by atoms with Gasteiger partial charge in [-0.25, -0.2) is 0 Å². The molecule has 4 N–H and O–H groups in total. The molecule has 0 rings (SSSR count). The molecule has 2 amide bonds. The lowest BCUT2D eigenvalue weighted by Crippen LogP contribution is -2.09. The van der Waals surface area contributed by atoms with Gasteiger partial charge in [0.2, 0.25) is 11.8 Å². The van der Waals surface area contributed by atoms with Crippen LogP contribution in [0, 0.1) is 0 Å². The van der Waals surface area contributed by atoms with E-state index < -0.39 is 0 Å². The molecule has 0 aromatic carbocycles. The predicted octanol–water partition coefficient (Wildman–Crippen LogP) is 20.6. The maximum atomic E-state index is 10.8. The number of hydrogen-bond acceptors (Lipinski definition) is 2. The van der Waals surface area contributed by atoms with Gasteiger partial charge in [0.25, 0.3) is 0 Å². The van der Waals surface area contributed by atoms with Gasteiger partial charge in [0.15, 0.2) is 0 Å². The smallest absolute Gasteiger partial charge is 0.217 e. The average molecular weight is 902 g/mol. The van der Waals surface area contributed by atoms with Crippen LogP contribution >= 0.6 is 0 Å². The highest BCUT2D eigenvalue weighted by molar-refractivity contribution is 5.73. The Labute approximate surface area is 403 Å². The van der Waals surface area contributed by atoms with Crippen molar-refractivity contribution in [3.8, 4) is 0 Å². The Morgan fingerprint density at radius 1 is 0.141 bits per heavy atom. The number of carbonyl (C=O) groups is 2. The number of carbonyl (C=O) groups excluding carboxylic acids is 2. The summed E-state index contributed by atoms with van der Waals surface area (Å²) in [7, 11) is 0. The zero-order valence-corrected chi connectivity index (χ0v) is 44.0. The largest absolute Gasteiger partial charge is 0.370 e. The van der Waals surface area contributed by atoms with Crippen molar-refractivity contribution < 1.29 is 9.59 Å². The molecule has 0 saturated carbocycles. The molecule has 0 radical (unpaired) electrons. The molecular formula is C60H120N2O2. The van der Waals surface area contributed by atoms with Gasteiger partial charge in [-0.05, 0) is 12.8 Å². The molecule has 382 valence electrons. The molecule has 0 spiro atoms. The molecule has 0 aliphatic heterocycles. The minimum Gasteiger partial charge on any atom is -0.370 e. The molecule has 0 aromatic heterocycles. The quantitative estimate of drug-likeness (QED) is 0.0596. The van der Waals surface area contributed by atoms with Gasteiger partial charge in [0, 0.05) is 12.8 Å². The number of hydrogen-bond donors (Lipinski definition) is 2. The van der Waals surface area contributed by atoms with E-state index in [1.165, 1.54) is 347 Å². The van der Waals surface area contributed by atoms with Crippen molar-refractivity contribution in [2.45, 2.75) is 372 Å². The van der Waals surface area contributed by atoms with Crippen LogP contribution in [0.2, 0.25) is 0 Å². The Hall–Kier alpha value is -1.06. The van der Waals surface area contributed by atoms with E-state index in [0.717, 1.165) is 12.8 Å². The highest BCUT2D eigenvalue weighted by atomic mass is 16.1. The minimum absolute atomic E-state index is 0.147. The second kappa shape index (κ2) is 58.1. The molecule has 0 bridgehead atoms. The molecular weight excluding hydrogens is 781 g/mol. The van der Waals surface area contributed by atoms with Crippen LogP contribution in [-0.4, -0.2) is 11.8 Å². The minimum atomic E-state index is -0.147. The summed E-state index contributed by atoms with van der Waals surface area (Å²) >= 11 is 0. The molecule has 0 saturated heterocycles. The Kier molecular flexibility index (Phi) is 57.1. The summed E-state index contributed by atoms with van der Waals surface area (Å²) in [6, 6.07) is 0. The molecule has 0 aromatic rings. The van der Waals surface area contributed by atoms with Crippen molar-refractivity contribution in [1.82, 2.24) is 0 Å². The first-order valence-electron chi connectivity index (χ1n) is 30.2. The summed E-state index contributed by atoms with van der Waals surface area (Å²) < 4.78 is 0. The molecule has 4 heteroatoms. The van der Waals surface area contributed by atoms with E-state index in [2.05, 4.69) is 0 Å². The zero-order valence-electron chi connectivity index (χ0n) is 44.0. The molecule has 0 atom stereocenters. The van der Waals surface area contributed by atoms with E-state index in [4.69, 9.17) is 11.5 Å². The van der Waals surface area contributed by atoms with Crippen molar-refractivity contribution in [1.29, 1.82) is 0 Å². The van der Waals surface area contributed by atoms with Gasteiger partial charge in [0.1, 0.15) is 0 Å². The van der Waals surface area contributed by atoms with Crippen molar-refractivity contribution >= 4 is 11.8 Å². The van der Waals surface area contributed by atoms with Crippen molar-refractivity contribution in [2.24, 2.45) is 11.5 Å². The number of unbranched alkanes of at least 4 members (excludes halogenated alkanes) is 55. The van der Waals surface area contributed by atoms with Gasteiger partial charge in [-0.2, -0.15) is 0 Å². The van der Waals surface area contributed by atoms with Crippen LogP contribution in [0.15, 0.2) is 0 Å². The highest BCUT2D eigenvalue weighted by Crippen LogP contribution is 2.19. The normalized spacial score (nSPS) is 11.6. The number of primary amides is 2. The second-order valence-electron chi connectivity index (χ2n) is 21.2. The molecule has 4 nitrogen and oxygen atoms in total. The lowest BCUT2D eigenvalue weighted by atomic mass is 10.0. The van der Waals surface area contributed by atoms with E-state index in [1.54, 1.807) is 0 Å². The summed E-state index contributed by atoms with van der Waals surface area (Å²) in [5, 5.41) is 0. The number of amides is 2. The molecule has 0 unspecified atom stereocenters. The first-order chi connectivity index (χ1) is 31.6. The summed E-state index contributed by atoms with van der Waals surface area (Å²) in [6.07, 6.45) is 80.7. The summed E-state index contributed by atoms with van der Waals surface area (Å²) in [6.45, 7) is 0. The van der Waals surface area contributed by atoms with Crippen LogP contribution < -0.4 is 11.5 Å². The van der Waals surface area contributed by atoms with E-state index in [9.17, 15) is 9.59 Å². The topological polar surface area (TPSA) is 86.2 Å². The molecule has 0 aliphatic carbocycles. The maximum absolute atomic E-state index is 10.8. The average Bonchev–Trinajstić information content (AvgIpc) is 3.28. The van der Waals surface area contributed by atoms with Crippen molar-refractivity contribution in [3.05, 3.63) is 0 Å². The molecule has 0 heterocycles. The zero-order chi connectivity index (χ0) is 46.2. The van der Waals surface area contributed by atoms with Gasteiger partial charge in [-0.15, -0.1) is 0 Å². The molecule has 64 heavy (non-hydrogen) atoms. The van der Waals surface area contributed by atoms with Gasteiger partial charge >= 0.3 is 0 Å². The summed E-state index contributed by atoms with van der Waals surface area (Å²) in [4.78, 5) is 21.5. The van der Waals surface area contributed by atoms with Crippen LogP contribution in [0.4, 0.5) is 0 Å². The second-order valence-corrected chi connectivity index (χ2v) is 21.2. The Morgan fingerprint density at radius 2 is 0.203 bits per heavy atom. The Bertz CT molecular complexity index is 806. The Balaban J connectivity index is 3.07. The maximum Gasteiger partial charge on any atom is 0.217 e. The highest BCUT2D eigenvalue weighted by Gasteiger charge is 2.01. The fourth-order valence-electron chi connectivity index (χ4n) is 10.1. The third-order valence-corrected chi connectivity index (χ3v) is 14.6. The monoisotopic (exact) mass is 901 g/mol. The van der Waals surface area contributed by atoms with E-state index >= 15 is 0 Å². The van der Waals surface area contributed by atoms with Gasteiger partial charge in [-0.3, -0.25) is 9.59 Å². The van der Waals surface area contributed by atoms with Crippen molar-refractivity contribution in [3.63, 3.8) is 0 Å². The first-order valence-corrected chi connectivity index (χ1v) is 30.2. The van der Waals surface area contributed by atoms with E-state index in [0.29, 0.717) is 12.8 Å². The lowest BCUT2D eigenvalue weighted by molar-refractivity contribution is -0.119. The SMILES string of the molecule is NC(=O)CCCCCCCCCCCCCCCCCCCCCCCCCCCCCCCCCCCCCCCCCCCCCCCCCCCCCCCCCCC(N)=O. The van der Waals surface area contributed by atoms with Crippen LogP contribution in [0.3, 0.4) is 0 Å². The van der Waals surface area contributed by atoms with Crippen LogP contribution in [-0.2, 0) is 9.59 Å². The van der Waals surface area contributed by atoms with Crippen LogP contribution in [0.5, 0.6) is 0 Å². The number of rotatable bonds is 59. The fourth-order valence-corrected chi connectivity index (χ4v) is 10.1. The molecule has 0 aliphatic rings. The molecule has 0 fully saturated rings. The standard InChI is InChI=1S/C60H120N2O2/c61-59(63)57-55-53-51-49-47-45-43-41-39-37-35-33-31-29-27-25-23-21-19-17-15-13-11-9-7-5-3-1-2-4-6-8-10-12-14-16-18-20-22-24-26-28-30-32-34-36-38-40-42-44-46-48-50-52-54-56-58-60(62)64/h1-58H2,(H2,61,63)(H2,62,64).